The van der Waals surface area contributed by atoms with E-state index in [-0.39, 0.29) is 12.6 Å². The van der Waals surface area contributed by atoms with Crippen LogP contribution in [-0.2, 0) is 9.53 Å². The van der Waals surface area contributed by atoms with Crippen LogP contribution in [0.4, 0.5) is 0 Å². The van der Waals surface area contributed by atoms with E-state index in [2.05, 4.69) is 6.07 Å². The van der Waals surface area contributed by atoms with E-state index in [1.807, 2.05) is 26.0 Å². The third kappa shape index (κ3) is 3.27. The lowest BCUT2D eigenvalue weighted by Crippen LogP contribution is -2.15. The molecule has 1 aromatic carbocycles. The first-order chi connectivity index (χ1) is 7.15. The molecule has 0 spiro atoms. The monoisotopic (exact) mass is 207 g/mol. The topological polar surface area (TPSA) is 35.5 Å². The summed E-state index contributed by atoms with van der Waals surface area (Å²) in [7, 11) is 0. The molecule has 0 aliphatic heterocycles. The van der Waals surface area contributed by atoms with E-state index in [1.54, 1.807) is 6.92 Å². The zero-order valence-electron chi connectivity index (χ0n) is 9.29. The molecule has 3 heteroatoms. The molecule has 1 aromatic rings. The summed E-state index contributed by atoms with van der Waals surface area (Å²) in [6, 6.07) is 6.64. The smallest absolute Gasteiger partial charge is 0.344 e. The first-order valence-electron chi connectivity index (χ1n) is 4.91. The van der Waals surface area contributed by atoms with Crippen LogP contribution in [-0.4, -0.2) is 19.2 Å². The first-order valence-corrected chi connectivity index (χ1v) is 4.91. The maximum Gasteiger partial charge on any atom is 0.344 e. The van der Waals surface area contributed by atoms with E-state index < -0.39 is 0 Å². The number of carbonyl (C=O) groups excluding carboxylic acids is 1. The minimum absolute atomic E-state index is 0.0421. The van der Waals surface area contributed by atoms with Gasteiger partial charge in [0.2, 0.25) is 0 Å². The van der Waals surface area contributed by atoms with Crippen LogP contribution in [0.1, 0.15) is 18.1 Å². The molecule has 0 N–H and O–H groups in total. The Bertz CT molecular complexity index is 324. The Morgan fingerprint density at radius 1 is 1.33 bits per heavy atom. The highest BCUT2D eigenvalue weighted by molar-refractivity contribution is 5.71. The van der Waals surface area contributed by atoms with Gasteiger partial charge in [-0.2, -0.15) is 0 Å². The van der Waals surface area contributed by atoms with Gasteiger partial charge in [0, 0.05) is 0 Å². The van der Waals surface area contributed by atoms with Crippen molar-refractivity contribution < 1.29 is 14.3 Å². The molecule has 0 saturated carbocycles. The van der Waals surface area contributed by atoms with Gasteiger partial charge in [0.1, 0.15) is 5.75 Å². The second-order valence-corrected chi connectivity index (χ2v) is 3.24. The number of benzene rings is 1. The van der Waals surface area contributed by atoms with Crippen LogP contribution >= 0.6 is 0 Å². The fourth-order valence-electron chi connectivity index (χ4n) is 1.30. The second kappa shape index (κ2) is 5.39. The Morgan fingerprint density at radius 3 is 2.47 bits per heavy atom. The minimum Gasteiger partial charge on any atom is -0.481 e. The molecular formula is C12H15O3. The molecule has 15 heavy (non-hydrogen) atoms. The van der Waals surface area contributed by atoms with E-state index in [4.69, 9.17) is 9.47 Å². The average molecular weight is 207 g/mol. The van der Waals surface area contributed by atoms with E-state index in [9.17, 15) is 4.79 Å². The summed E-state index contributed by atoms with van der Waals surface area (Å²) < 4.78 is 10.2. The molecule has 3 nitrogen and oxygen atoms in total. The molecular weight excluding hydrogens is 192 g/mol. The van der Waals surface area contributed by atoms with Crippen molar-refractivity contribution in [3.8, 4) is 5.75 Å². The summed E-state index contributed by atoms with van der Waals surface area (Å²) >= 11 is 0. The molecule has 1 rings (SSSR count). The van der Waals surface area contributed by atoms with E-state index >= 15 is 0 Å². The molecule has 81 valence electrons. The fraction of sp³-hybridized carbons (Fsp3) is 0.417. The summed E-state index contributed by atoms with van der Waals surface area (Å²) in [5.74, 6) is 0.394. The number of carbonyl (C=O) groups is 1. The maximum atomic E-state index is 11.1. The Balaban J connectivity index is 2.61. The number of ether oxygens (including phenoxy) is 2. The molecule has 0 aliphatic carbocycles. The largest absolute Gasteiger partial charge is 0.481 e. The molecule has 0 amide bonds. The van der Waals surface area contributed by atoms with Gasteiger partial charge in [0.15, 0.2) is 6.61 Å². The summed E-state index contributed by atoms with van der Waals surface area (Å²) in [4.78, 5) is 11.1. The van der Waals surface area contributed by atoms with Gasteiger partial charge >= 0.3 is 5.97 Å². The van der Waals surface area contributed by atoms with Crippen molar-refractivity contribution in [1.82, 2.24) is 0 Å². The highest BCUT2D eigenvalue weighted by atomic mass is 16.6. The van der Waals surface area contributed by atoms with Crippen LogP contribution in [0.5, 0.6) is 5.75 Å². The van der Waals surface area contributed by atoms with Crippen LogP contribution in [0, 0.1) is 19.9 Å². The van der Waals surface area contributed by atoms with Crippen molar-refractivity contribution in [1.29, 1.82) is 0 Å². The lowest BCUT2D eigenvalue weighted by molar-refractivity contribution is -0.145. The summed E-state index contributed by atoms with van der Waals surface area (Å²) in [6.45, 7) is 5.95. The Labute approximate surface area is 90.0 Å². The standard InChI is InChI=1S/C12H15O3/c1-4-14-11(13)8-15-12-9(2)6-5-7-10(12)3/h6-7H,4,8H2,1-3H3. The van der Waals surface area contributed by atoms with Crippen LogP contribution in [0.2, 0.25) is 0 Å². The summed E-state index contributed by atoms with van der Waals surface area (Å²) in [6.07, 6.45) is 0. The average Bonchev–Trinajstić information content (AvgIpc) is 2.17. The fourth-order valence-corrected chi connectivity index (χ4v) is 1.30. The molecule has 0 saturated heterocycles. The van der Waals surface area contributed by atoms with Gasteiger partial charge < -0.3 is 9.47 Å². The van der Waals surface area contributed by atoms with Gasteiger partial charge in [-0.05, 0) is 50.1 Å². The highest BCUT2D eigenvalue weighted by Crippen LogP contribution is 2.21. The number of hydrogen-bond donors (Lipinski definition) is 0. The van der Waals surface area contributed by atoms with E-state index in [1.165, 1.54) is 0 Å². The van der Waals surface area contributed by atoms with Gasteiger partial charge in [-0.3, -0.25) is 0 Å². The lowest BCUT2D eigenvalue weighted by atomic mass is 10.1. The van der Waals surface area contributed by atoms with Crippen LogP contribution < -0.4 is 4.74 Å². The van der Waals surface area contributed by atoms with Crippen molar-refractivity contribution >= 4 is 5.97 Å². The van der Waals surface area contributed by atoms with Crippen molar-refractivity contribution in [2.45, 2.75) is 20.8 Å². The van der Waals surface area contributed by atoms with E-state index in [0.29, 0.717) is 6.61 Å². The second-order valence-electron chi connectivity index (χ2n) is 3.24. The summed E-state index contributed by atoms with van der Waals surface area (Å²) in [5, 5.41) is 0. The third-order valence-corrected chi connectivity index (χ3v) is 1.96. The minimum atomic E-state index is -0.343. The molecule has 0 fully saturated rings. The molecule has 0 aromatic heterocycles. The number of aryl methyl sites for hydroxylation is 2. The van der Waals surface area contributed by atoms with Crippen LogP contribution in [0.3, 0.4) is 0 Å². The molecule has 0 aliphatic rings. The Kier molecular flexibility index (Phi) is 4.16. The third-order valence-electron chi connectivity index (χ3n) is 1.96. The van der Waals surface area contributed by atoms with Gasteiger partial charge in [-0.25, -0.2) is 4.79 Å². The normalized spacial score (nSPS) is 9.80. The molecule has 0 bridgehead atoms. The van der Waals surface area contributed by atoms with E-state index in [0.717, 1.165) is 16.9 Å². The Morgan fingerprint density at radius 2 is 1.93 bits per heavy atom. The first kappa shape index (κ1) is 11.6. The predicted octanol–water partition coefficient (Wildman–Crippen LogP) is 2.05. The van der Waals surface area contributed by atoms with Crippen molar-refractivity contribution in [2.75, 3.05) is 13.2 Å². The zero-order chi connectivity index (χ0) is 11.3. The SMILES string of the molecule is CCOC(=O)COc1c(C)c[c]cc1C. The van der Waals surface area contributed by atoms with Gasteiger partial charge in [-0.15, -0.1) is 0 Å². The van der Waals surface area contributed by atoms with Gasteiger partial charge in [0.05, 0.1) is 6.61 Å². The summed E-state index contributed by atoms with van der Waals surface area (Å²) in [5.41, 5.74) is 1.94. The van der Waals surface area contributed by atoms with Crippen LogP contribution in [0.15, 0.2) is 12.1 Å². The van der Waals surface area contributed by atoms with Gasteiger partial charge in [0.25, 0.3) is 0 Å². The predicted molar refractivity (Wildman–Crippen MR) is 56.9 cm³/mol. The quantitative estimate of drug-likeness (QED) is 0.709. The van der Waals surface area contributed by atoms with Crippen molar-refractivity contribution in [2.24, 2.45) is 0 Å². The van der Waals surface area contributed by atoms with Crippen molar-refractivity contribution in [3.05, 3.63) is 29.3 Å². The lowest BCUT2D eigenvalue weighted by Gasteiger charge is -2.10. The molecule has 0 unspecified atom stereocenters. The molecule has 1 radical (unpaired) electrons. The Hall–Kier alpha value is -1.51. The van der Waals surface area contributed by atoms with Crippen LogP contribution in [0.25, 0.3) is 0 Å². The number of hydrogen-bond acceptors (Lipinski definition) is 3. The van der Waals surface area contributed by atoms with Crippen molar-refractivity contribution in [3.63, 3.8) is 0 Å². The molecule has 0 heterocycles. The molecule has 0 atom stereocenters. The number of rotatable bonds is 4. The maximum absolute atomic E-state index is 11.1. The number of esters is 1. The van der Waals surface area contributed by atoms with Gasteiger partial charge in [-0.1, -0.05) is 0 Å². The zero-order valence-corrected chi connectivity index (χ0v) is 9.29. The highest BCUT2D eigenvalue weighted by Gasteiger charge is 2.07.